The molecule has 0 spiro atoms. The van der Waals surface area contributed by atoms with E-state index >= 15 is 0 Å². The van der Waals surface area contributed by atoms with Crippen LogP contribution in [0.2, 0.25) is 0 Å². The first-order chi connectivity index (χ1) is 10.4. The molecule has 0 aliphatic carbocycles. The molecule has 0 saturated heterocycles. The number of rotatable bonds is 8. The van der Waals surface area contributed by atoms with Crippen molar-refractivity contribution in [2.75, 3.05) is 33.7 Å². The molecule has 0 fully saturated rings. The Morgan fingerprint density at radius 3 is 1.50 bits per heavy atom. The Hall–Kier alpha value is -0.760. The van der Waals surface area contributed by atoms with Crippen molar-refractivity contribution in [2.24, 2.45) is 0 Å². The molecule has 0 aromatic carbocycles. The van der Waals surface area contributed by atoms with Gasteiger partial charge in [0.25, 0.3) is 10.0 Å². The number of likely N-dealkylation sites (N-methyl/N-ethyl adjacent to an activating group) is 2. The number of hydrogen-bond acceptors (Lipinski definition) is 3. The van der Waals surface area contributed by atoms with Crippen LogP contribution >= 0.6 is 0 Å². The smallest absolute Gasteiger partial charge is 0.308 e. The van der Waals surface area contributed by atoms with Gasteiger partial charge in [0.15, 0.2) is 0 Å². The normalized spacial score (nSPS) is 15.4. The Kier molecular flexibility index (Phi) is 6.64. The summed E-state index contributed by atoms with van der Waals surface area (Å²) in [5, 5.41) is -6.68. The van der Waals surface area contributed by atoms with Crippen molar-refractivity contribution in [3.8, 4) is 0 Å². The quantitative estimate of drug-likeness (QED) is 0.591. The molecular formula is C10H15F9N2O2S. The van der Waals surface area contributed by atoms with Crippen molar-refractivity contribution in [1.29, 1.82) is 0 Å². The highest BCUT2D eigenvalue weighted by atomic mass is 32.2. The number of alkyl halides is 9. The first kappa shape index (κ1) is 23.2. The van der Waals surface area contributed by atoms with Crippen LogP contribution in [0.15, 0.2) is 0 Å². The summed E-state index contributed by atoms with van der Waals surface area (Å²) >= 11 is 0. The fraction of sp³-hybridized carbons (Fsp3) is 1.00. The molecule has 0 heterocycles. The van der Waals surface area contributed by atoms with Gasteiger partial charge in [-0.25, -0.2) is 8.42 Å². The van der Waals surface area contributed by atoms with Gasteiger partial charge in [-0.3, -0.25) is 0 Å². The maximum Gasteiger partial charge on any atom is 0.460 e. The molecule has 0 aromatic rings. The Labute approximate surface area is 132 Å². The summed E-state index contributed by atoms with van der Waals surface area (Å²) in [6.45, 7) is -0.970. The minimum Gasteiger partial charge on any atom is -0.308 e. The third-order valence-corrected chi connectivity index (χ3v) is 4.95. The highest BCUT2D eigenvalue weighted by Gasteiger charge is 2.85. The third kappa shape index (κ3) is 3.74. The Morgan fingerprint density at radius 1 is 0.792 bits per heavy atom. The second-order valence-electron chi connectivity index (χ2n) is 4.96. The van der Waals surface area contributed by atoms with Crippen LogP contribution in [0.5, 0.6) is 0 Å². The second-order valence-corrected chi connectivity index (χ2v) is 6.94. The SMILES string of the molecule is CCN(CCN(C)C)S(=O)(=O)C(F)(F)C(F)(F)C(F)(F)C(F)(F)F. The third-order valence-electron chi connectivity index (χ3n) is 2.93. The Bertz CT molecular complexity index is 531. The van der Waals surface area contributed by atoms with Gasteiger partial charge in [0.05, 0.1) is 0 Å². The highest BCUT2D eigenvalue weighted by Crippen LogP contribution is 2.55. The van der Waals surface area contributed by atoms with Crippen molar-refractivity contribution >= 4 is 10.0 Å². The van der Waals surface area contributed by atoms with Crippen molar-refractivity contribution in [3.63, 3.8) is 0 Å². The van der Waals surface area contributed by atoms with Gasteiger partial charge in [0, 0.05) is 19.6 Å². The predicted molar refractivity (Wildman–Crippen MR) is 65.6 cm³/mol. The number of halogens is 9. The Balaban J connectivity index is 6.00. The van der Waals surface area contributed by atoms with E-state index in [9.17, 15) is 47.9 Å². The second kappa shape index (κ2) is 6.86. The fourth-order valence-electron chi connectivity index (χ4n) is 1.44. The van der Waals surface area contributed by atoms with Crippen molar-refractivity contribution in [3.05, 3.63) is 0 Å². The summed E-state index contributed by atoms with van der Waals surface area (Å²) in [7, 11) is -3.77. The van der Waals surface area contributed by atoms with E-state index in [4.69, 9.17) is 0 Å². The zero-order valence-corrected chi connectivity index (χ0v) is 13.5. The maximum absolute atomic E-state index is 13.6. The fourth-order valence-corrected chi connectivity index (χ4v) is 2.88. The van der Waals surface area contributed by atoms with Crippen LogP contribution < -0.4 is 0 Å². The summed E-state index contributed by atoms with van der Waals surface area (Å²) < 4.78 is 138. The van der Waals surface area contributed by atoms with Crippen LogP contribution in [0.25, 0.3) is 0 Å². The van der Waals surface area contributed by atoms with Crippen molar-refractivity contribution in [2.45, 2.75) is 30.2 Å². The maximum atomic E-state index is 13.6. The van der Waals surface area contributed by atoms with Crippen LogP contribution in [-0.2, 0) is 10.0 Å². The standard InChI is InChI=1S/C10H15F9N2O2S/c1-4-21(6-5-20(2)3)24(22,23)10(18,19)8(13,14)7(11,12)9(15,16)17/h4-6H2,1-3H3. The van der Waals surface area contributed by atoms with E-state index in [1.54, 1.807) is 0 Å². The molecule has 0 rings (SSSR count). The van der Waals surface area contributed by atoms with Gasteiger partial charge < -0.3 is 4.90 Å². The monoisotopic (exact) mass is 398 g/mol. The zero-order chi connectivity index (χ0) is 19.8. The molecule has 14 heteroatoms. The van der Waals surface area contributed by atoms with Crippen molar-refractivity contribution < 1.29 is 47.9 Å². The van der Waals surface area contributed by atoms with E-state index in [0.717, 1.165) is 6.92 Å². The molecule has 0 unspecified atom stereocenters. The van der Waals surface area contributed by atoms with Crippen LogP contribution in [-0.4, -0.2) is 74.6 Å². The van der Waals surface area contributed by atoms with Crippen LogP contribution in [0.3, 0.4) is 0 Å². The van der Waals surface area contributed by atoms with Gasteiger partial charge in [-0.1, -0.05) is 6.92 Å². The molecule has 4 nitrogen and oxygen atoms in total. The van der Waals surface area contributed by atoms with Crippen LogP contribution in [0.4, 0.5) is 39.5 Å². The first-order valence-corrected chi connectivity index (χ1v) is 7.66. The highest BCUT2D eigenvalue weighted by molar-refractivity contribution is 7.90. The molecule has 24 heavy (non-hydrogen) atoms. The molecule has 0 aliphatic heterocycles. The van der Waals surface area contributed by atoms with Gasteiger partial charge in [0.2, 0.25) is 0 Å². The van der Waals surface area contributed by atoms with E-state index in [-0.39, 0.29) is 10.8 Å². The average molecular weight is 398 g/mol. The minimum atomic E-state index is -7.25. The summed E-state index contributed by atoms with van der Waals surface area (Å²) in [4.78, 5) is 1.26. The molecule has 0 bridgehead atoms. The summed E-state index contributed by atoms with van der Waals surface area (Å²) in [5.41, 5.74) is 0. The molecule has 0 amide bonds. The largest absolute Gasteiger partial charge is 0.460 e. The molecule has 0 N–H and O–H groups in total. The lowest BCUT2D eigenvalue weighted by Gasteiger charge is -2.35. The molecule has 0 saturated carbocycles. The van der Waals surface area contributed by atoms with E-state index in [2.05, 4.69) is 0 Å². The average Bonchev–Trinajstić information content (AvgIpc) is 2.36. The van der Waals surface area contributed by atoms with Gasteiger partial charge in [-0.15, -0.1) is 0 Å². The van der Waals surface area contributed by atoms with Crippen LogP contribution in [0, 0.1) is 0 Å². The Morgan fingerprint density at radius 2 is 1.21 bits per heavy atom. The molecule has 0 radical (unpaired) electrons. The molecule has 0 aliphatic rings. The summed E-state index contributed by atoms with van der Waals surface area (Å²) in [6.07, 6.45) is -7.07. The van der Waals surface area contributed by atoms with Gasteiger partial charge in [-0.2, -0.15) is 43.8 Å². The van der Waals surface area contributed by atoms with E-state index in [0.29, 0.717) is 0 Å². The molecule has 146 valence electrons. The van der Waals surface area contributed by atoms with E-state index < -0.39 is 46.4 Å². The predicted octanol–water partition coefficient (Wildman–Crippen LogP) is 2.63. The van der Waals surface area contributed by atoms with Gasteiger partial charge in [0.1, 0.15) is 0 Å². The van der Waals surface area contributed by atoms with Gasteiger partial charge >= 0.3 is 23.3 Å². The molecule has 0 aromatic heterocycles. The van der Waals surface area contributed by atoms with E-state index in [1.165, 1.54) is 19.0 Å². The lowest BCUT2D eigenvalue weighted by Crippen LogP contribution is -2.65. The van der Waals surface area contributed by atoms with Gasteiger partial charge in [-0.05, 0) is 14.1 Å². The number of nitrogens with zero attached hydrogens (tertiary/aromatic N) is 2. The topological polar surface area (TPSA) is 40.6 Å². The zero-order valence-electron chi connectivity index (χ0n) is 12.6. The van der Waals surface area contributed by atoms with E-state index in [1.807, 2.05) is 0 Å². The van der Waals surface area contributed by atoms with Crippen molar-refractivity contribution in [1.82, 2.24) is 9.21 Å². The number of hydrogen-bond donors (Lipinski definition) is 0. The summed E-state index contributed by atoms with van der Waals surface area (Å²) in [5.74, 6) is -14.5. The minimum absolute atomic E-state index is 0.260. The lowest BCUT2D eigenvalue weighted by atomic mass is 10.1. The summed E-state index contributed by atoms with van der Waals surface area (Å²) in [6, 6.07) is 0. The molecular weight excluding hydrogens is 383 g/mol. The molecule has 0 atom stereocenters. The first-order valence-electron chi connectivity index (χ1n) is 6.22. The number of sulfonamides is 1. The lowest BCUT2D eigenvalue weighted by molar-refractivity contribution is -0.382. The van der Waals surface area contributed by atoms with Crippen LogP contribution in [0.1, 0.15) is 6.92 Å².